The van der Waals surface area contributed by atoms with Crippen molar-refractivity contribution in [3.05, 3.63) is 101 Å². The van der Waals surface area contributed by atoms with E-state index >= 15 is 0 Å². The maximum Gasteiger partial charge on any atom is 0.353 e. The molecule has 4 rings (SSSR count). The highest BCUT2D eigenvalue weighted by Crippen LogP contribution is 2.29. The van der Waals surface area contributed by atoms with E-state index in [1.165, 1.54) is 24.7 Å². The molecule has 0 aliphatic rings. The van der Waals surface area contributed by atoms with Crippen molar-refractivity contribution in [1.82, 2.24) is 5.43 Å². The maximum atomic E-state index is 12.2. The van der Waals surface area contributed by atoms with Crippen LogP contribution in [0, 0.1) is 0 Å². The number of thiophene rings is 1. The van der Waals surface area contributed by atoms with E-state index in [0.717, 1.165) is 11.1 Å². The third-order valence-electron chi connectivity index (χ3n) is 4.85. The molecule has 7 nitrogen and oxygen atoms in total. The molecule has 8 heteroatoms. The lowest BCUT2D eigenvalue weighted by molar-refractivity contribution is -0.123. The zero-order valence-electron chi connectivity index (χ0n) is 18.8. The normalized spacial score (nSPS) is 10.7. The predicted molar refractivity (Wildman–Crippen MR) is 135 cm³/mol. The minimum Gasteiger partial charge on any atom is -0.493 e. The lowest BCUT2D eigenvalue weighted by Crippen LogP contribution is -2.24. The molecule has 0 unspecified atom stereocenters. The van der Waals surface area contributed by atoms with Gasteiger partial charge in [-0.05, 0) is 58.5 Å². The van der Waals surface area contributed by atoms with Crippen LogP contribution in [0.1, 0.15) is 15.2 Å². The third kappa shape index (κ3) is 6.55. The van der Waals surface area contributed by atoms with Crippen LogP contribution in [0.3, 0.4) is 0 Å². The molecule has 4 aromatic rings. The number of nitrogens with one attached hydrogen (secondary N) is 1. The molecule has 0 aliphatic heterocycles. The van der Waals surface area contributed by atoms with E-state index in [0.29, 0.717) is 27.7 Å². The summed E-state index contributed by atoms with van der Waals surface area (Å²) < 4.78 is 16.2. The molecule has 0 atom stereocenters. The van der Waals surface area contributed by atoms with Crippen molar-refractivity contribution in [2.24, 2.45) is 5.10 Å². The number of hydrogen-bond donors (Lipinski definition) is 1. The van der Waals surface area contributed by atoms with E-state index < -0.39 is 11.9 Å². The highest BCUT2D eigenvalue weighted by atomic mass is 32.1. The molecular weight excluding hydrogens is 464 g/mol. The summed E-state index contributed by atoms with van der Waals surface area (Å²) in [6, 6.07) is 25.9. The fourth-order valence-corrected chi connectivity index (χ4v) is 3.73. The second kappa shape index (κ2) is 11.6. The first-order valence-corrected chi connectivity index (χ1v) is 11.5. The highest BCUT2D eigenvalue weighted by molar-refractivity contribution is 7.12. The average Bonchev–Trinajstić information content (AvgIpc) is 3.44. The Morgan fingerprint density at radius 3 is 2.40 bits per heavy atom. The number of hydrogen-bond acceptors (Lipinski definition) is 7. The molecule has 1 aromatic heterocycles. The van der Waals surface area contributed by atoms with E-state index in [4.69, 9.17) is 14.2 Å². The summed E-state index contributed by atoms with van der Waals surface area (Å²) in [6.45, 7) is -0.178. The molecule has 0 radical (unpaired) electrons. The van der Waals surface area contributed by atoms with Gasteiger partial charge in [0, 0.05) is 0 Å². The molecule has 1 heterocycles. The van der Waals surface area contributed by atoms with Crippen LogP contribution in [0.5, 0.6) is 17.2 Å². The van der Waals surface area contributed by atoms with Gasteiger partial charge in [0.05, 0.1) is 13.3 Å². The van der Waals surface area contributed by atoms with Gasteiger partial charge in [0.15, 0.2) is 18.1 Å². The van der Waals surface area contributed by atoms with E-state index in [2.05, 4.69) is 10.5 Å². The Labute approximate surface area is 206 Å². The summed E-state index contributed by atoms with van der Waals surface area (Å²) in [5, 5.41) is 5.75. The smallest absolute Gasteiger partial charge is 0.353 e. The first kappa shape index (κ1) is 23.7. The Morgan fingerprint density at radius 1 is 0.914 bits per heavy atom. The van der Waals surface area contributed by atoms with Crippen molar-refractivity contribution in [1.29, 1.82) is 0 Å². The Balaban J connectivity index is 1.27. The Kier molecular flexibility index (Phi) is 7.88. The Hall–Kier alpha value is -4.43. The monoisotopic (exact) mass is 486 g/mol. The molecule has 1 amide bonds. The number of esters is 1. The number of rotatable bonds is 9. The van der Waals surface area contributed by atoms with Crippen LogP contribution in [-0.2, 0) is 4.79 Å². The molecule has 0 fully saturated rings. The van der Waals surface area contributed by atoms with Gasteiger partial charge in [-0.25, -0.2) is 10.2 Å². The number of ether oxygens (including phenoxy) is 3. The largest absolute Gasteiger partial charge is 0.493 e. The molecule has 35 heavy (non-hydrogen) atoms. The number of methoxy groups -OCH3 is 1. The molecular formula is C27H22N2O5S. The van der Waals surface area contributed by atoms with Gasteiger partial charge in [0.25, 0.3) is 5.91 Å². The second-order valence-corrected chi connectivity index (χ2v) is 8.20. The fraction of sp³-hybridized carbons (Fsp3) is 0.0741. The van der Waals surface area contributed by atoms with Crippen LogP contribution in [-0.4, -0.2) is 31.8 Å². The van der Waals surface area contributed by atoms with Gasteiger partial charge in [-0.3, -0.25) is 4.79 Å². The van der Waals surface area contributed by atoms with Crippen molar-refractivity contribution < 1.29 is 23.8 Å². The highest BCUT2D eigenvalue weighted by Gasteiger charge is 2.13. The van der Waals surface area contributed by atoms with Crippen molar-refractivity contribution in [3.8, 4) is 28.4 Å². The van der Waals surface area contributed by atoms with Crippen LogP contribution >= 0.6 is 11.3 Å². The van der Waals surface area contributed by atoms with Gasteiger partial charge in [0.2, 0.25) is 0 Å². The first-order chi connectivity index (χ1) is 17.1. The van der Waals surface area contributed by atoms with Gasteiger partial charge in [0.1, 0.15) is 10.6 Å². The van der Waals surface area contributed by atoms with Crippen LogP contribution in [0.4, 0.5) is 0 Å². The van der Waals surface area contributed by atoms with Gasteiger partial charge < -0.3 is 14.2 Å². The summed E-state index contributed by atoms with van der Waals surface area (Å²) in [7, 11) is 1.48. The molecule has 0 spiro atoms. The lowest BCUT2D eigenvalue weighted by atomic mass is 10.1. The van der Waals surface area contributed by atoms with Crippen molar-refractivity contribution in [2.45, 2.75) is 0 Å². The van der Waals surface area contributed by atoms with E-state index in [9.17, 15) is 9.59 Å². The maximum absolute atomic E-state index is 12.2. The SMILES string of the molecule is COc1cc(C=NNC(=O)COc2ccc(-c3ccccc3)cc2)ccc1OC(=O)c1cccs1. The first-order valence-electron chi connectivity index (χ1n) is 10.7. The number of carbonyl (C=O) groups excluding carboxylic acids is 2. The minimum absolute atomic E-state index is 0.178. The van der Waals surface area contributed by atoms with E-state index in [-0.39, 0.29) is 6.61 Å². The minimum atomic E-state index is -0.457. The number of carbonyl (C=O) groups is 2. The molecule has 1 N–H and O–H groups in total. The van der Waals surface area contributed by atoms with E-state index in [1.54, 1.807) is 35.7 Å². The van der Waals surface area contributed by atoms with Crippen molar-refractivity contribution in [3.63, 3.8) is 0 Å². The summed E-state index contributed by atoms with van der Waals surface area (Å²) in [6.07, 6.45) is 1.46. The molecule has 0 aliphatic carbocycles. The average molecular weight is 487 g/mol. The summed E-state index contributed by atoms with van der Waals surface area (Å²) in [5.74, 6) is 0.385. The second-order valence-electron chi connectivity index (χ2n) is 7.25. The Morgan fingerprint density at radius 2 is 1.69 bits per heavy atom. The fourth-order valence-electron chi connectivity index (χ4n) is 3.13. The van der Waals surface area contributed by atoms with Crippen LogP contribution < -0.4 is 19.6 Å². The standard InChI is InChI=1S/C27H22N2O5S/c1-32-24-16-19(9-14-23(24)34-27(31)25-8-5-15-35-25)17-28-29-26(30)18-33-22-12-10-21(11-13-22)20-6-3-2-4-7-20/h2-17H,18H2,1H3,(H,29,30). The lowest BCUT2D eigenvalue weighted by Gasteiger charge is -2.09. The predicted octanol–water partition coefficient (Wildman–Crippen LogP) is 5.17. The topological polar surface area (TPSA) is 86.2 Å². The summed E-state index contributed by atoms with van der Waals surface area (Å²) >= 11 is 1.30. The number of hydrazone groups is 1. The van der Waals surface area contributed by atoms with Crippen LogP contribution in [0.25, 0.3) is 11.1 Å². The van der Waals surface area contributed by atoms with Gasteiger partial charge in [-0.2, -0.15) is 5.10 Å². The quantitative estimate of drug-likeness (QED) is 0.153. The molecule has 176 valence electrons. The molecule has 0 bridgehead atoms. The Bertz CT molecular complexity index is 1300. The number of benzene rings is 3. The summed E-state index contributed by atoms with van der Waals surface area (Å²) in [5.41, 5.74) is 5.24. The molecule has 0 saturated carbocycles. The van der Waals surface area contributed by atoms with Crippen LogP contribution in [0.2, 0.25) is 0 Å². The molecule has 3 aromatic carbocycles. The van der Waals surface area contributed by atoms with Crippen molar-refractivity contribution in [2.75, 3.05) is 13.7 Å². The van der Waals surface area contributed by atoms with Crippen molar-refractivity contribution >= 4 is 29.4 Å². The van der Waals surface area contributed by atoms with Gasteiger partial charge in [-0.1, -0.05) is 48.5 Å². The third-order valence-corrected chi connectivity index (χ3v) is 5.70. The van der Waals surface area contributed by atoms with E-state index in [1.807, 2.05) is 54.6 Å². The molecule has 0 saturated heterocycles. The van der Waals surface area contributed by atoms with Gasteiger partial charge >= 0.3 is 5.97 Å². The van der Waals surface area contributed by atoms with Gasteiger partial charge in [-0.15, -0.1) is 11.3 Å². The zero-order valence-corrected chi connectivity index (χ0v) is 19.7. The zero-order chi connectivity index (χ0) is 24.5. The summed E-state index contributed by atoms with van der Waals surface area (Å²) in [4.78, 5) is 24.7. The van der Waals surface area contributed by atoms with Crippen LogP contribution in [0.15, 0.2) is 95.4 Å². The number of amides is 1. The number of nitrogens with zero attached hydrogens (tertiary/aromatic N) is 1.